The first kappa shape index (κ1) is 14.4. The van der Waals surface area contributed by atoms with Gasteiger partial charge in [-0.3, -0.25) is 4.57 Å². The van der Waals surface area contributed by atoms with Crippen LogP contribution in [0.5, 0.6) is 0 Å². The predicted molar refractivity (Wildman–Crippen MR) is 85.2 cm³/mol. The molecule has 3 aromatic rings. The molecular weight excluding hydrogens is 310 g/mol. The van der Waals surface area contributed by atoms with E-state index in [2.05, 4.69) is 4.98 Å². The van der Waals surface area contributed by atoms with E-state index in [1.807, 2.05) is 29.7 Å². The number of aryl methyl sites for hydroxylation is 2. The van der Waals surface area contributed by atoms with Crippen LogP contribution >= 0.6 is 23.2 Å². The minimum Gasteiger partial charge on any atom is -0.293 e. The third-order valence-corrected chi connectivity index (χ3v) is 3.85. The molecule has 0 atom stereocenters. The van der Waals surface area contributed by atoms with Crippen molar-refractivity contribution in [1.29, 1.82) is 0 Å². The normalized spacial score (nSPS) is 11.2. The zero-order valence-corrected chi connectivity index (χ0v) is 12.9. The number of alkyl halides is 1. The smallest absolute Gasteiger partial charge is 0.148 e. The Morgan fingerprint density at radius 3 is 2.76 bits per heavy atom. The van der Waals surface area contributed by atoms with Gasteiger partial charge in [0, 0.05) is 17.3 Å². The Morgan fingerprint density at radius 1 is 1.24 bits per heavy atom. The van der Waals surface area contributed by atoms with Crippen LogP contribution in [0, 0.1) is 12.7 Å². The first-order valence-corrected chi connectivity index (χ1v) is 7.51. The van der Waals surface area contributed by atoms with Crippen molar-refractivity contribution in [2.75, 3.05) is 5.88 Å². The molecule has 5 heteroatoms. The largest absolute Gasteiger partial charge is 0.293 e. The minimum atomic E-state index is -0.376. The molecule has 2 aromatic carbocycles. The maximum atomic E-state index is 14.3. The third-order valence-electron chi connectivity index (χ3n) is 3.43. The van der Waals surface area contributed by atoms with Crippen LogP contribution in [0.1, 0.15) is 11.4 Å². The van der Waals surface area contributed by atoms with Gasteiger partial charge in [-0.05, 0) is 36.8 Å². The van der Waals surface area contributed by atoms with E-state index in [1.165, 1.54) is 6.07 Å². The summed E-state index contributed by atoms with van der Waals surface area (Å²) in [5.74, 6) is 0.798. The Kier molecular flexibility index (Phi) is 3.87. The lowest BCUT2D eigenvalue weighted by atomic mass is 10.2. The average molecular weight is 323 g/mol. The zero-order chi connectivity index (χ0) is 15.0. The third kappa shape index (κ3) is 2.52. The molecule has 3 rings (SSSR count). The number of benzene rings is 2. The van der Waals surface area contributed by atoms with Crippen LogP contribution in [0.2, 0.25) is 5.02 Å². The first-order chi connectivity index (χ1) is 10.1. The van der Waals surface area contributed by atoms with Crippen molar-refractivity contribution in [1.82, 2.24) is 9.55 Å². The number of rotatable bonds is 3. The number of imidazole rings is 1. The van der Waals surface area contributed by atoms with Crippen molar-refractivity contribution in [2.24, 2.45) is 0 Å². The molecule has 0 aliphatic carbocycles. The summed E-state index contributed by atoms with van der Waals surface area (Å²) in [4.78, 5) is 4.62. The highest BCUT2D eigenvalue weighted by Gasteiger charge is 2.16. The van der Waals surface area contributed by atoms with E-state index in [0.717, 1.165) is 22.4 Å². The monoisotopic (exact) mass is 322 g/mol. The van der Waals surface area contributed by atoms with Gasteiger partial charge in [-0.25, -0.2) is 9.37 Å². The summed E-state index contributed by atoms with van der Waals surface area (Å²) in [7, 11) is 0. The summed E-state index contributed by atoms with van der Waals surface area (Å²) in [6, 6.07) is 10.5. The molecule has 108 valence electrons. The molecule has 0 aliphatic heterocycles. The Bertz CT molecular complexity index is 811. The maximum Gasteiger partial charge on any atom is 0.148 e. The summed E-state index contributed by atoms with van der Waals surface area (Å²) in [5, 5.41) is 0.371. The number of halogens is 3. The van der Waals surface area contributed by atoms with Crippen LogP contribution < -0.4 is 0 Å². The number of nitrogens with zero attached hydrogens (tertiary/aromatic N) is 2. The van der Waals surface area contributed by atoms with Crippen LogP contribution in [-0.4, -0.2) is 15.4 Å². The van der Waals surface area contributed by atoms with Crippen LogP contribution in [-0.2, 0) is 6.42 Å². The molecule has 0 saturated heterocycles. The van der Waals surface area contributed by atoms with E-state index < -0.39 is 0 Å². The van der Waals surface area contributed by atoms with Crippen LogP contribution in [0.4, 0.5) is 4.39 Å². The van der Waals surface area contributed by atoms with Crippen LogP contribution in [0.3, 0.4) is 0 Å². The molecule has 0 saturated carbocycles. The van der Waals surface area contributed by atoms with Gasteiger partial charge in [0.15, 0.2) is 0 Å². The van der Waals surface area contributed by atoms with E-state index >= 15 is 0 Å². The van der Waals surface area contributed by atoms with Crippen molar-refractivity contribution < 1.29 is 4.39 Å². The standard InChI is InChI=1S/C16H13Cl2FN2/c1-10-3-2-4-14-16(10)20-15(7-8-17)21(14)13-6-5-11(18)9-12(13)19/h2-6,9H,7-8H2,1H3. The summed E-state index contributed by atoms with van der Waals surface area (Å²) in [6.07, 6.45) is 0.567. The van der Waals surface area contributed by atoms with Crippen molar-refractivity contribution >= 4 is 34.2 Å². The summed E-state index contributed by atoms with van der Waals surface area (Å²) in [5.41, 5.74) is 3.23. The average Bonchev–Trinajstić information content (AvgIpc) is 2.79. The van der Waals surface area contributed by atoms with Gasteiger partial charge in [0.1, 0.15) is 11.6 Å². The molecule has 0 aliphatic rings. The van der Waals surface area contributed by atoms with E-state index in [1.54, 1.807) is 12.1 Å². The fourth-order valence-corrected chi connectivity index (χ4v) is 2.80. The highest BCUT2D eigenvalue weighted by molar-refractivity contribution is 6.30. The lowest BCUT2D eigenvalue weighted by molar-refractivity contribution is 0.617. The number of para-hydroxylation sites is 1. The van der Waals surface area contributed by atoms with Crippen molar-refractivity contribution in [3.05, 3.63) is 58.6 Å². The lowest BCUT2D eigenvalue weighted by Gasteiger charge is -2.10. The molecule has 0 N–H and O–H groups in total. The number of fused-ring (bicyclic) bond motifs is 1. The van der Waals surface area contributed by atoms with E-state index in [9.17, 15) is 4.39 Å². The topological polar surface area (TPSA) is 17.8 Å². The molecular formula is C16H13Cl2FN2. The Balaban J connectivity index is 2.33. The Hall–Kier alpha value is -1.58. The summed E-state index contributed by atoms with van der Waals surface area (Å²) in [6.45, 7) is 1.99. The van der Waals surface area contributed by atoms with Gasteiger partial charge in [0.05, 0.1) is 16.7 Å². The van der Waals surface area contributed by atoms with Crippen LogP contribution in [0.25, 0.3) is 16.7 Å². The molecule has 0 radical (unpaired) electrons. The molecule has 0 unspecified atom stereocenters. The van der Waals surface area contributed by atoms with E-state index in [4.69, 9.17) is 23.2 Å². The molecule has 0 fully saturated rings. The molecule has 21 heavy (non-hydrogen) atoms. The van der Waals surface area contributed by atoms with Gasteiger partial charge >= 0.3 is 0 Å². The number of aromatic nitrogens is 2. The summed E-state index contributed by atoms with van der Waals surface area (Å²) < 4.78 is 16.1. The van der Waals surface area contributed by atoms with Crippen molar-refractivity contribution in [3.63, 3.8) is 0 Å². The molecule has 1 heterocycles. The molecule has 0 amide bonds. The molecule has 2 nitrogen and oxygen atoms in total. The second-order valence-electron chi connectivity index (χ2n) is 4.84. The zero-order valence-electron chi connectivity index (χ0n) is 11.4. The van der Waals surface area contributed by atoms with Crippen LogP contribution in [0.15, 0.2) is 36.4 Å². The van der Waals surface area contributed by atoms with E-state index in [0.29, 0.717) is 23.0 Å². The molecule has 0 spiro atoms. The van der Waals surface area contributed by atoms with Crippen molar-refractivity contribution in [2.45, 2.75) is 13.3 Å². The SMILES string of the molecule is Cc1cccc2c1nc(CCCl)n2-c1ccc(Cl)cc1F. The maximum absolute atomic E-state index is 14.3. The van der Waals surface area contributed by atoms with Gasteiger partial charge in [0.2, 0.25) is 0 Å². The number of hydrogen-bond donors (Lipinski definition) is 0. The van der Waals surface area contributed by atoms with Gasteiger partial charge in [-0.1, -0.05) is 23.7 Å². The van der Waals surface area contributed by atoms with Gasteiger partial charge in [-0.15, -0.1) is 11.6 Å². The second kappa shape index (κ2) is 5.66. The second-order valence-corrected chi connectivity index (χ2v) is 5.66. The fourth-order valence-electron chi connectivity index (χ4n) is 2.47. The lowest BCUT2D eigenvalue weighted by Crippen LogP contribution is -2.04. The van der Waals surface area contributed by atoms with Gasteiger partial charge in [0.25, 0.3) is 0 Å². The predicted octanol–water partition coefficient (Wildman–Crippen LogP) is 4.91. The quantitative estimate of drug-likeness (QED) is 0.626. The Labute approximate surface area is 132 Å². The molecule has 0 bridgehead atoms. The van der Waals surface area contributed by atoms with Gasteiger partial charge < -0.3 is 0 Å². The van der Waals surface area contributed by atoms with E-state index in [-0.39, 0.29) is 5.82 Å². The first-order valence-electron chi connectivity index (χ1n) is 6.60. The number of hydrogen-bond acceptors (Lipinski definition) is 1. The molecule has 1 aromatic heterocycles. The summed E-state index contributed by atoms with van der Waals surface area (Å²) >= 11 is 11.7. The fraction of sp³-hybridized carbons (Fsp3) is 0.188. The van der Waals surface area contributed by atoms with Crippen molar-refractivity contribution in [3.8, 4) is 5.69 Å². The highest BCUT2D eigenvalue weighted by atomic mass is 35.5. The van der Waals surface area contributed by atoms with Gasteiger partial charge in [-0.2, -0.15) is 0 Å². The highest BCUT2D eigenvalue weighted by Crippen LogP contribution is 2.27. The Morgan fingerprint density at radius 2 is 2.05 bits per heavy atom. The minimum absolute atomic E-state index is 0.371.